The molecule has 3 nitrogen and oxygen atoms in total. The highest BCUT2D eigenvalue weighted by atomic mass is 79.9. The first-order chi connectivity index (χ1) is 9.02. The largest absolute Gasteiger partial charge is 0.468 e. The van der Waals surface area contributed by atoms with Gasteiger partial charge in [0.1, 0.15) is 0 Å². The van der Waals surface area contributed by atoms with Gasteiger partial charge in [-0.2, -0.15) is 0 Å². The average Bonchev–Trinajstić information content (AvgIpc) is 2.37. The summed E-state index contributed by atoms with van der Waals surface area (Å²) in [5.41, 5.74) is 1.20. The van der Waals surface area contributed by atoms with Crippen molar-refractivity contribution in [2.45, 2.75) is 25.3 Å². The Balaban J connectivity index is 2.65. The van der Waals surface area contributed by atoms with Crippen molar-refractivity contribution in [3.63, 3.8) is 0 Å². The summed E-state index contributed by atoms with van der Waals surface area (Å²) in [6.45, 7) is 6.15. The van der Waals surface area contributed by atoms with Crippen molar-refractivity contribution in [3.05, 3.63) is 28.2 Å². The lowest BCUT2D eigenvalue weighted by atomic mass is 10.2. The molecule has 0 aliphatic heterocycles. The lowest BCUT2D eigenvalue weighted by Crippen LogP contribution is -2.19. The predicted molar refractivity (Wildman–Crippen MR) is 83.4 cm³/mol. The van der Waals surface area contributed by atoms with Gasteiger partial charge in [-0.15, -0.1) is 11.8 Å². The fraction of sp³-hybridized carbons (Fsp3) is 0.500. The van der Waals surface area contributed by atoms with E-state index in [1.165, 1.54) is 24.4 Å². The zero-order valence-electron chi connectivity index (χ0n) is 11.5. The van der Waals surface area contributed by atoms with Gasteiger partial charge in [0.15, 0.2) is 0 Å². The molecule has 1 N–H and O–H groups in total. The summed E-state index contributed by atoms with van der Waals surface area (Å²) in [5, 5.41) is 3.42. The Morgan fingerprint density at radius 1 is 1.47 bits per heavy atom. The molecule has 5 heteroatoms. The zero-order chi connectivity index (χ0) is 14.3. The van der Waals surface area contributed by atoms with Crippen molar-refractivity contribution in [2.24, 2.45) is 5.92 Å². The van der Waals surface area contributed by atoms with Gasteiger partial charge in [0.05, 0.1) is 12.9 Å². The molecule has 0 unspecified atom stereocenters. The van der Waals surface area contributed by atoms with E-state index < -0.39 is 0 Å². The second-order valence-electron chi connectivity index (χ2n) is 4.64. The zero-order valence-corrected chi connectivity index (χ0v) is 13.9. The number of ether oxygens (including phenoxy) is 1. The van der Waals surface area contributed by atoms with E-state index in [1.807, 2.05) is 12.1 Å². The topological polar surface area (TPSA) is 38.3 Å². The molecule has 0 fully saturated rings. The van der Waals surface area contributed by atoms with Gasteiger partial charge in [-0.05, 0) is 36.2 Å². The highest BCUT2D eigenvalue weighted by Crippen LogP contribution is 2.26. The Morgan fingerprint density at radius 2 is 2.21 bits per heavy atom. The monoisotopic (exact) mass is 345 g/mol. The summed E-state index contributed by atoms with van der Waals surface area (Å²) in [5.74, 6) is 0.766. The van der Waals surface area contributed by atoms with Gasteiger partial charge in [0.2, 0.25) is 0 Å². The van der Waals surface area contributed by atoms with E-state index in [-0.39, 0.29) is 5.97 Å². The lowest BCUT2D eigenvalue weighted by molar-refractivity contribution is -0.137. The maximum Gasteiger partial charge on any atom is 0.315 e. The molecule has 0 aromatic heterocycles. The highest BCUT2D eigenvalue weighted by Gasteiger charge is 2.07. The minimum atomic E-state index is -0.200. The van der Waals surface area contributed by atoms with Crippen LogP contribution in [0.2, 0.25) is 0 Å². The molecule has 0 aliphatic carbocycles. The van der Waals surface area contributed by atoms with Gasteiger partial charge >= 0.3 is 5.97 Å². The van der Waals surface area contributed by atoms with E-state index in [0.29, 0.717) is 11.7 Å². The van der Waals surface area contributed by atoms with Gasteiger partial charge in [-0.25, -0.2) is 0 Å². The second-order valence-corrected chi connectivity index (χ2v) is 6.57. The first-order valence-corrected chi connectivity index (χ1v) is 7.99. The van der Waals surface area contributed by atoms with E-state index in [1.54, 1.807) is 0 Å². The Kier molecular flexibility index (Phi) is 7.49. The summed E-state index contributed by atoms with van der Waals surface area (Å²) in [6.07, 6.45) is 0. The Morgan fingerprint density at radius 3 is 2.84 bits per heavy atom. The number of carbonyl (C=O) groups is 1. The fourth-order valence-electron chi connectivity index (χ4n) is 1.52. The Labute approximate surface area is 127 Å². The molecule has 0 amide bonds. The molecule has 0 bridgehead atoms. The summed E-state index contributed by atoms with van der Waals surface area (Å²) in [4.78, 5) is 12.3. The molecule has 1 aromatic carbocycles. The number of hydrogen-bond acceptors (Lipinski definition) is 4. The number of benzene rings is 1. The molecule has 1 aromatic rings. The van der Waals surface area contributed by atoms with Crippen molar-refractivity contribution in [3.8, 4) is 0 Å². The van der Waals surface area contributed by atoms with Crippen molar-refractivity contribution >= 4 is 33.7 Å². The van der Waals surface area contributed by atoms with Crippen LogP contribution in [0.1, 0.15) is 19.4 Å². The Hall–Kier alpha value is -0.520. The van der Waals surface area contributed by atoms with Gasteiger partial charge in [0, 0.05) is 15.9 Å². The maximum absolute atomic E-state index is 11.2. The first kappa shape index (κ1) is 16.5. The molecule has 0 heterocycles. The van der Waals surface area contributed by atoms with Crippen molar-refractivity contribution in [2.75, 3.05) is 19.4 Å². The van der Waals surface area contributed by atoms with Crippen LogP contribution < -0.4 is 5.32 Å². The number of nitrogens with one attached hydrogen (secondary N) is 1. The molecule has 0 saturated heterocycles. The van der Waals surface area contributed by atoms with E-state index in [4.69, 9.17) is 0 Å². The number of hydrogen-bond donors (Lipinski definition) is 1. The van der Waals surface area contributed by atoms with Crippen LogP contribution in [0.4, 0.5) is 0 Å². The molecule has 0 spiro atoms. The van der Waals surface area contributed by atoms with Crippen molar-refractivity contribution < 1.29 is 9.53 Å². The molecule has 19 heavy (non-hydrogen) atoms. The number of halogens is 1. The third-order valence-electron chi connectivity index (χ3n) is 2.46. The molecule has 0 saturated carbocycles. The number of rotatable bonds is 7. The minimum absolute atomic E-state index is 0.200. The second kappa shape index (κ2) is 8.61. The number of esters is 1. The molecule has 106 valence electrons. The van der Waals surface area contributed by atoms with Crippen LogP contribution in [0.5, 0.6) is 0 Å². The molecular weight excluding hydrogens is 326 g/mol. The van der Waals surface area contributed by atoms with Crippen LogP contribution in [-0.4, -0.2) is 25.4 Å². The molecule has 0 radical (unpaired) electrons. The Bertz CT molecular complexity index is 424. The van der Waals surface area contributed by atoms with Gasteiger partial charge in [-0.1, -0.05) is 29.8 Å². The molecular formula is C14H20BrNO2S. The normalized spacial score (nSPS) is 10.8. The van der Waals surface area contributed by atoms with Crippen LogP contribution in [-0.2, 0) is 16.1 Å². The van der Waals surface area contributed by atoms with Crippen LogP contribution in [0, 0.1) is 5.92 Å². The van der Waals surface area contributed by atoms with Gasteiger partial charge < -0.3 is 10.1 Å². The molecule has 0 atom stereocenters. The van der Waals surface area contributed by atoms with Crippen LogP contribution in [0.25, 0.3) is 0 Å². The summed E-state index contributed by atoms with van der Waals surface area (Å²) in [7, 11) is 1.41. The van der Waals surface area contributed by atoms with E-state index in [2.05, 4.69) is 45.9 Å². The SMILES string of the molecule is COC(=O)CSc1ccc(Br)cc1CNCC(C)C. The third kappa shape index (κ3) is 6.45. The number of carbonyl (C=O) groups excluding carboxylic acids is 1. The smallest absolute Gasteiger partial charge is 0.315 e. The van der Waals surface area contributed by atoms with E-state index in [9.17, 15) is 4.79 Å². The highest BCUT2D eigenvalue weighted by molar-refractivity contribution is 9.10. The van der Waals surface area contributed by atoms with Crippen LogP contribution >= 0.6 is 27.7 Å². The fourth-order valence-corrected chi connectivity index (χ4v) is 2.80. The predicted octanol–water partition coefficient (Wildman–Crippen LogP) is 3.46. The number of thioether (sulfide) groups is 1. The quantitative estimate of drug-likeness (QED) is 0.606. The van der Waals surface area contributed by atoms with E-state index >= 15 is 0 Å². The lowest BCUT2D eigenvalue weighted by Gasteiger charge is -2.12. The standard InChI is InChI=1S/C14H20BrNO2S/c1-10(2)7-16-8-11-6-12(15)4-5-13(11)19-9-14(17)18-3/h4-6,10,16H,7-9H2,1-3H3. The van der Waals surface area contributed by atoms with Gasteiger partial charge in [0.25, 0.3) is 0 Å². The average molecular weight is 346 g/mol. The minimum Gasteiger partial charge on any atom is -0.468 e. The molecule has 0 aliphatic rings. The summed E-state index contributed by atoms with van der Waals surface area (Å²) < 4.78 is 5.72. The van der Waals surface area contributed by atoms with Crippen LogP contribution in [0.3, 0.4) is 0 Å². The number of methoxy groups -OCH3 is 1. The van der Waals surface area contributed by atoms with Gasteiger partial charge in [-0.3, -0.25) is 4.79 Å². The third-order valence-corrected chi connectivity index (χ3v) is 4.05. The summed E-state index contributed by atoms with van der Waals surface area (Å²) >= 11 is 4.99. The maximum atomic E-state index is 11.2. The van der Waals surface area contributed by atoms with Crippen molar-refractivity contribution in [1.29, 1.82) is 0 Å². The van der Waals surface area contributed by atoms with E-state index in [0.717, 1.165) is 22.5 Å². The summed E-state index contributed by atoms with van der Waals surface area (Å²) in [6, 6.07) is 6.11. The molecule has 1 rings (SSSR count). The first-order valence-electron chi connectivity index (χ1n) is 6.21. The van der Waals surface area contributed by atoms with Crippen molar-refractivity contribution in [1.82, 2.24) is 5.32 Å². The van der Waals surface area contributed by atoms with Crippen LogP contribution in [0.15, 0.2) is 27.6 Å².